The van der Waals surface area contributed by atoms with Crippen molar-refractivity contribution in [1.82, 2.24) is 10.6 Å². The molecule has 0 saturated carbocycles. The number of halogens is 3. The van der Waals surface area contributed by atoms with Crippen molar-refractivity contribution in [2.45, 2.75) is 37.5 Å². The van der Waals surface area contributed by atoms with Gasteiger partial charge in [-0.2, -0.15) is 13.2 Å². The first-order chi connectivity index (χ1) is 7.80. The van der Waals surface area contributed by atoms with Gasteiger partial charge in [-0.3, -0.25) is 14.9 Å². The molecule has 1 heterocycles. The first-order valence-electron chi connectivity index (χ1n) is 5.14. The molecular formula is C9H13F3N2O3. The van der Waals surface area contributed by atoms with Crippen molar-refractivity contribution >= 4 is 11.9 Å². The number of nitrogens with one attached hydrogen (secondary N) is 2. The van der Waals surface area contributed by atoms with Crippen molar-refractivity contribution in [3.63, 3.8) is 0 Å². The van der Waals surface area contributed by atoms with Crippen molar-refractivity contribution < 1.29 is 27.9 Å². The molecule has 1 fully saturated rings. The van der Waals surface area contributed by atoms with E-state index in [1.54, 1.807) is 5.32 Å². The number of rotatable bonds is 3. The number of alkyl halides is 3. The Hall–Kier alpha value is -1.31. The van der Waals surface area contributed by atoms with Gasteiger partial charge in [-0.1, -0.05) is 0 Å². The Balaban J connectivity index is 2.37. The van der Waals surface area contributed by atoms with Crippen LogP contribution in [0.1, 0.15) is 19.3 Å². The number of carboxylic acids is 1. The van der Waals surface area contributed by atoms with Crippen LogP contribution in [-0.2, 0) is 9.59 Å². The SMILES string of the molecule is O=C(O)C1CCCC(CNC(=O)C(F)(F)F)N1. The number of hydrogen-bond acceptors (Lipinski definition) is 3. The van der Waals surface area contributed by atoms with Gasteiger partial charge in [-0.05, 0) is 19.3 Å². The number of aliphatic carboxylic acids is 1. The minimum absolute atomic E-state index is 0.220. The quantitative estimate of drug-likeness (QED) is 0.675. The molecule has 1 aliphatic heterocycles. The van der Waals surface area contributed by atoms with Crippen molar-refractivity contribution in [3.05, 3.63) is 0 Å². The molecule has 98 valence electrons. The number of carbonyl (C=O) groups excluding carboxylic acids is 1. The Bertz CT molecular complexity index is 306. The van der Waals surface area contributed by atoms with E-state index in [0.29, 0.717) is 19.3 Å². The van der Waals surface area contributed by atoms with E-state index >= 15 is 0 Å². The first kappa shape index (κ1) is 13.8. The highest BCUT2D eigenvalue weighted by Gasteiger charge is 2.39. The van der Waals surface area contributed by atoms with Crippen molar-refractivity contribution in [3.8, 4) is 0 Å². The molecule has 2 unspecified atom stereocenters. The van der Waals surface area contributed by atoms with Gasteiger partial charge < -0.3 is 10.4 Å². The summed E-state index contributed by atoms with van der Waals surface area (Å²) in [6.45, 7) is -0.220. The maximum absolute atomic E-state index is 11.9. The standard InChI is InChI=1S/C9H13F3N2O3/c10-9(11,12)8(17)13-4-5-2-1-3-6(14-5)7(15)16/h5-6,14H,1-4H2,(H,13,17)(H,15,16). The zero-order valence-electron chi connectivity index (χ0n) is 8.88. The van der Waals surface area contributed by atoms with Crippen LogP contribution < -0.4 is 10.6 Å². The molecule has 0 aromatic rings. The molecule has 1 saturated heterocycles. The minimum Gasteiger partial charge on any atom is -0.480 e. The topological polar surface area (TPSA) is 78.4 Å². The Labute approximate surface area is 95.4 Å². The second kappa shape index (κ2) is 5.35. The highest BCUT2D eigenvalue weighted by atomic mass is 19.4. The number of carbonyl (C=O) groups is 2. The molecule has 2 atom stereocenters. The fraction of sp³-hybridized carbons (Fsp3) is 0.778. The van der Waals surface area contributed by atoms with Gasteiger partial charge in [-0.25, -0.2) is 0 Å². The van der Waals surface area contributed by atoms with Crippen LogP contribution in [0.2, 0.25) is 0 Å². The molecular weight excluding hydrogens is 241 g/mol. The molecule has 0 aliphatic carbocycles. The van der Waals surface area contributed by atoms with Gasteiger partial charge in [0.1, 0.15) is 6.04 Å². The number of hydrogen-bond donors (Lipinski definition) is 3. The molecule has 0 spiro atoms. The molecule has 17 heavy (non-hydrogen) atoms. The summed E-state index contributed by atoms with van der Waals surface area (Å²) in [6, 6.07) is -1.19. The minimum atomic E-state index is -4.90. The van der Waals surface area contributed by atoms with Gasteiger partial charge in [-0.15, -0.1) is 0 Å². The smallest absolute Gasteiger partial charge is 0.471 e. The van der Waals surface area contributed by atoms with Crippen molar-refractivity contribution in [2.75, 3.05) is 6.54 Å². The third-order valence-electron chi connectivity index (χ3n) is 2.55. The van der Waals surface area contributed by atoms with E-state index in [9.17, 15) is 22.8 Å². The van der Waals surface area contributed by atoms with Crippen LogP contribution in [0.15, 0.2) is 0 Å². The van der Waals surface area contributed by atoms with Gasteiger partial charge in [0.15, 0.2) is 0 Å². The molecule has 0 radical (unpaired) electrons. The summed E-state index contributed by atoms with van der Waals surface area (Å²) in [6.07, 6.45) is -3.31. The highest BCUT2D eigenvalue weighted by Crippen LogP contribution is 2.15. The zero-order valence-corrected chi connectivity index (χ0v) is 8.88. The molecule has 3 N–H and O–H groups in total. The summed E-state index contributed by atoms with van der Waals surface area (Å²) in [5.74, 6) is -3.03. The largest absolute Gasteiger partial charge is 0.480 e. The van der Waals surface area contributed by atoms with E-state index in [1.807, 2.05) is 0 Å². The van der Waals surface area contributed by atoms with Crippen molar-refractivity contribution in [1.29, 1.82) is 0 Å². The van der Waals surface area contributed by atoms with Crippen LogP contribution in [0.3, 0.4) is 0 Å². The average Bonchev–Trinajstić information content (AvgIpc) is 2.25. The van der Waals surface area contributed by atoms with E-state index in [4.69, 9.17) is 5.11 Å². The second-order valence-electron chi connectivity index (χ2n) is 3.89. The Morgan fingerprint density at radius 2 is 2.00 bits per heavy atom. The molecule has 1 aliphatic rings. The predicted octanol–water partition coefficient (Wildman–Crippen LogP) is 0.260. The number of piperidine rings is 1. The van der Waals surface area contributed by atoms with E-state index in [1.165, 1.54) is 0 Å². The summed E-state index contributed by atoms with van der Waals surface area (Å²) in [5.41, 5.74) is 0. The summed E-state index contributed by atoms with van der Waals surface area (Å²) in [5, 5.41) is 13.1. The van der Waals surface area contributed by atoms with Gasteiger partial charge in [0.2, 0.25) is 0 Å². The first-order valence-corrected chi connectivity index (χ1v) is 5.14. The number of amides is 1. The lowest BCUT2D eigenvalue weighted by atomic mass is 9.98. The molecule has 1 amide bonds. The van der Waals surface area contributed by atoms with Crippen LogP contribution >= 0.6 is 0 Å². The third-order valence-corrected chi connectivity index (χ3v) is 2.55. The molecule has 0 aromatic heterocycles. The summed E-state index contributed by atoms with van der Waals surface area (Å²) in [7, 11) is 0. The lowest BCUT2D eigenvalue weighted by Gasteiger charge is -2.28. The van der Waals surface area contributed by atoms with Crippen LogP contribution in [0.25, 0.3) is 0 Å². The maximum Gasteiger partial charge on any atom is 0.471 e. The summed E-state index contributed by atoms with van der Waals surface area (Å²) in [4.78, 5) is 21.2. The third kappa shape index (κ3) is 4.22. The molecule has 1 rings (SSSR count). The number of carboxylic acid groups (broad SMARTS) is 1. The van der Waals surface area contributed by atoms with Crippen LogP contribution in [0, 0.1) is 0 Å². The van der Waals surface area contributed by atoms with Gasteiger partial charge in [0.05, 0.1) is 0 Å². The van der Waals surface area contributed by atoms with E-state index in [0.717, 1.165) is 0 Å². The Kier molecular flexibility index (Phi) is 4.33. The fourth-order valence-corrected chi connectivity index (χ4v) is 1.69. The van der Waals surface area contributed by atoms with Gasteiger partial charge >= 0.3 is 18.1 Å². The average molecular weight is 254 g/mol. The lowest BCUT2D eigenvalue weighted by molar-refractivity contribution is -0.173. The molecule has 8 heteroatoms. The predicted molar refractivity (Wildman–Crippen MR) is 51.3 cm³/mol. The maximum atomic E-state index is 11.9. The van der Waals surface area contributed by atoms with E-state index < -0.39 is 30.1 Å². The molecule has 5 nitrogen and oxygen atoms in total. The fourth-order valence-electron chi connectivity index (χ4n) is 1.69. The van der Waals surface area contributed by atoms with Crippen LogP contribution in [0.4, 0.5) is 13.2 Å². The summed E-state index contributed by atoms with van der Waals surface area (Å²) >= 11 is 0. The Morgan fingerprint density at radius 3 is 2.53 bits per heavy atom. The lowest BCUT2D eigenvalue weighted by Crippen LogP contribution is -2.52. The van der Waals surface area contributed by atoms with Gasteiger partial charge in [0.25, 0.3) is 0 Å². The monoisotopic (exact) mass is 254 g/mol. The van der Waals surface area contributed by atoms with Gasteiger partial charge in [0, 0.05) is 12.6 Å². The summed E-state index contributed by atoms with van der Waals surface area (Å²) < 4.78 is 35.6. The zero-order chi connectivity index (χ0) is 13.1. The van der Waals surface area contributed by atoms with E-state index in [-0.39, 0.29) is 6.54 Å². The van der Waals surface area contributed by atoms with E-state index in [2.05, 4.69) is 5.32 Å². The van der Waals surface area contributed by atoms with Crippen molar-refractivity contribution in [2.24, 2.45) is 0 Å². The Morgan fingerprint density at radius 1 is 1.35 bits per heavy atom. The van der Waals surface area contributed by atoms with Crippen LogP contribution in [0.5, 0.6) is 0 Å². The molecule has 0 bridgehead atoms. The highest BCUT2D eigenvalue weighted by molar-refractivity contribution is 5.81. The normalized spacial score (nSPS) is 25.4. The molecule has 0 aromatic carbocycles. The van der Waals surface area contributed by atoms with Crippen LogP contribution in [-0.4, -0.2) is 41.8 Å². The second-order valence-corrected chi connectivity index (χ2v) is 3.89.